The van der Waals surface area contributed by atoms with Crippen LogP contribution in [0.4, 0.5) is 0 Å². The van der Waals surface area contributed by atoms with Crippen LogP contribution in [0.25, 0.3) is 0 Å². The Kier molecular flexibility index (Phi) is 5.95. The molecule has 2 N–H and O–H groups in total. The van der Waals surface area contributed by atoms with E-state index in [1.54, 1.807) is 0 Å². The highest BCUT2D eigenvalue weighted by Crippen LogP contribution is 2.41. The lowest BCUT2D eigenvalue weighted by Crippen LogP contribution is -2.39. The van der Waals surface area contributed by atoms with E-state index in [4.69, 9.17) is 19.3 Å². The zero-order chi connectivity index (χ0) is 17.7. The first-order valence-electron chi connectivity index (χ1n) is 7.82. The van der Waals surface area contributed by atoms with Gasteiger partial charge >= 0.3 is 17.9 Å². The third-order valence-electron chi connectivity index (χ3n) is 4.23. The van der Waals surface area contributed by atoms with E-state index < -0.39 is 35.7 Å². The number of rotatable bonds is 12. The van der Waals surface area contributed by atoms with Gasteiger partial charge in [0.1, 0.15) is 6.61 Å². The van der Waals surface area contributed by atoms with E-state index in [0.29, 0.717) is 19.6 Å². The van der Waals surface area contributed by atoms with Crippen LogP contribution in [0, 0.1) is 11.3 Å². The fourth-order valence-corrected chi connectivity index (χ4v) is 2.90. The Bertz CT molecular complexity index is 508. The highest BCUT2D eigenvalue weighted by atomic mass is 16.6. The number of hydrogen-bond acceptors (Lipinski definition) is 6. The van der Waals surface area contributed by atoms with Crippen LogP contribution < -0.4 is 0 Å². The molecule has 0 aromatic carbocycles. The van der Waals surface area contributed by atoms with E-state index in [1.165, 1.54) is 6.08 Å². The van der Waals surface area contributed by atoms with Gasteiger partial charge in [-0.3, -0.25) is 14.4 Å². The average molecular weight is 342 g/mol. The molecule has 2 saturated heterocycles. The van der Waals surface area contributed by atoms with Crippen molar-refractivity contribution in [2.24, 2.45) is 11.3 Å². The summed E-state index contributed by atoms with van der Waals surface area (Å²) in [4.78, 5) is 35.4. The maximum atomic E-state index is 12.3. The van der Waals surface area contributed by atoms with Crippen LogP contribution >= 0.6 is 0 Å². The van der Waals surface area contributed by atoms with Gasteiger partial charge in [-0.2, -0.15) is 0 Å². The van der Waals surface area contributed by atoms with Gasteiger partial charge in [0.2, 0.25) is 0 Å². The summed E-state index contributed by atoms with van der Waals surface area (Å²) in [5.74, 6) is -3.76. The van der Waals surface area contributed by atoms with Gasteiger partial charge in [0.25, 0.3) is 0 Å². The Balaban J connectivity index is 2.16. The molecular weight excluding hydrogens is 320 g/mol. The van der Waals surface area contributed by atoms with Crippen molar-refractivity contribution < 1.29 is 38.8 Å². The molecule has 4 unspecified atom stereocenters. The maximum absolute atomic E-state index is 12.3. The Morgan fingerprint density at radius 2 is 1.88 bits per heavy atom. The predicted octanol–water partition coefficient (Wildman–Crippen LogP) is 0.845. The molecule has 2 heterocycles. The second-order valence-corrected chi connectivity index (χ2v) is 6.33. The molecule has 8 heteroatoms. The summed E-state index contributed by atoms with van der Waals surface area (Å²) < 4.78 is 15.3. The van der Waals surface area contributed by atoms with Gasteiger partial charge in [-0.1, -0.05) is 12.7 Å². The van der Waals surface area contributed by atoms with Crippen molar-refractivity contribution in [3.63, 3.8) is 0 Å². The van der Waals surface area contributed by atoms with E-state index >= 15 is 0 Å². The lowest BCUT2D eigenvalue weighted by molar-refractivity contribution is -0.161. The first-order valence-corrected chi connectivity index (χ1v) is 7.82. The molecule has 0 amide bonds. The van der Waals surface area contributed by atoms with Crippen molar-refractivity contribution in [1.82, 2.24) is 0 Å². The zero-order valence-corrected chi connectivity index (χ0v) is 13.3. The molecule has 2 aliphatic heterocycles. The van der Waals surface area contributed by atoms with Crippen molar-refractivity contribution in [3.8, 4) is 0 Å². The van der Waals surface area contributed by atoms with E-state index in [-0.39, 0.29) is 31.7 Å². The fraction of sp³-hybridized carbons (Fsp3) is 0.688. The second-order valence-electron chi connectivity index (χ2n) is 6.33. The summed E-state index contributed by atoms with van der Waals surface area (Å²) in [6, 6.07) is 0. The van der Waals surface area contributed by atoms with E-state index in [1.807, 2.05) is 0 Å². The number of carbonyl (C=O) groups excluding carboxylic acids is 1. The summed E-state index contributed by atoms with van der Waals surface area (Å²) in [5, 5.41) is 18.8. The van der Waals surface area contributed by atoms with Crippen LogP contribution in [-0.2, 0) is 28.6 Å². The fourth-order valence-electron chi connectivity index (χ4n) is 2.90. The van der Waals surface area contributed by atoms with Crippen molar-refractivity contribution >= 4 is 17.9 Å². The van der Waals surface area contributed by atoms with Crippen LogP contribution in [-0.4, -0.2) is 60.1 Å². The molecule has 134 valence electrons. The van der Waals surface area contributed by atoms with Crippen LogP contribution in [0.2, 0.25) is 0 Å². The molecule has 0 aromatic heterocycles. The molecule has 0 bridgehead atoms. The molecule has 2 rings (SSSR count). The highest BCUT2D eigenvalue weighted by Gasteiger charge is 2.49. The quantitative estimate of drug-likeness (QED) is 0.304. The minimum Gasteiger partial charge on any atom is -0.481 e. The van der Waals surface area contributed by atoms with Crippen molar-refractivity contribution in [1.29, 1.82) is 0 Å². The van der Waals surface area contributed by atoms with Crippen LogP contribution in [0.3, 0.4) is 0 Å². The zero-order valence-electron chi connectivity index (χ0n) is 13.3. The monoisotopic (exact) mass is 342 g/mol. The molecular formula is C16H22O8. The summed E-state index contributed by atoms with van der Waals surface area (Å²) >= 11 is 0. The minimum atomic E-state index is -1.57. The smallest absolute Gasteiger partial charge is 0.310 e. The van der Waals surface area contributed by atoms with Crippen LogP contribution in [0.1, 0.15) is 25.7 Å². The average Bonchev–Trinajstić information content (AvgIpc) is 3.39. The largest absolute Gasteiger partial charge is 0.481 e. The molecule has 0 aromatic rings. The Labute approximate surface area is 139 Å². The van der Waals surface area contributed by atoms with Crippen molar-refractivity contribution in [2.75, 3.05) is 19.8 Å². The molecule has 24 heavy (non-hydrogen) atoms. The number of ether oxygens (including phenoxy) is 3. The number of epoxide rings is 2. The van der Waals surface area contributed by atoms with Gasteiger partial charge in [0.15, 0.2) is 0 Å². The topological polar surface area (TPSA) is 126 Å². The first-order chi connectivity index (χ1) is 11.4. The lowest BCUT2D eigenvalue weighted by atomic mass is 9.72. The summed E-state index contributed by atoms with van der Waals surface area (Å²) in [6.45, 7) is 4.40. The normalized spacial score (nSPS) is 25.2. The summed E-state index contributed by atoms with van der Waals surface area (Å²) in [5.41, 5.74) is -1.57. The Hall–Kier alpha value is -1.93. The maximum Gasteiger partial charge on any atom is 0.310 e. The number of carboxylic acids is 2. The highest BCUT2D eigenvalue weighted by molar-refractivity contribution is 5.83. The third-order valence-corrected chi connectivity index (χ3v) is 4.23. The van der Waals surface area contributed by atoms with Gasteiger partial charge in [-0.05, 0) is 19.3 Å². The predicted molar refractivity (Wildman–Crippen MR) is 80.3 cm³/mol. The SMILES string of the molecule is C=CCOC(=O)C(CC1CO1)CC(CC(=O)O)(CC1CO1)C(=O)O. The number of hydrogen-bond donors (Lipinski definition) is 2. The molecule has 0 spiro atoms. The van der Waals surface area contributed by atoms with E-state index in [2.05, 4.69) is 6.58 Å². The van der Waals surface area contributed by atoms with Crippen molar-refractivity contribution in [3.05, 3.63) is 12.7 Å². The van der Waals surface area contributed by atoms with Crippen LogP contribution in [0.15, 0.2) is 12.7 Å². The molecule has 4 atom stereocenters. The van der Waals surface area contributed by atoms with Crippen molar-refractivity contribution in [2.45, 2.75) is 37.9 Å². The lowest BCUT2D eigenvalue weighted by Gasteiger charge is -2.30. The van der Waals surface area contributed by atoms with Gasteiger partial charge in [0, 0.05) is 0 Å². The molecule has 0 saturated carbocycles. The van der Waals surface area contributed by atoms with Gasteiger partial charge in [0.05, 0.1) is 43.2 Å². The number of carboxylic acid groups (broad SMARTS) is 2. The van der Waals surface area contributed by atoms with Gasteiger partial charge in [-0.15, -0.1) is 0 Å². The summed E-state index contributed by atoms with van der Waals surface area (Å²) in [6.07, 6.45) is 0.718. The Morgan fingerprint density at radius 1 is 1.25 bits per heavy atom. The molecule has 8 nitrogen and oxygen atoms in total. The van der Waals surface area contributed by atoms with E-state index in [9.17, 15) is 19.5 Å². The van der Waals surface area contributed by atoms with E-state index in [0.717, 1.165) is 0 Å². The van der Waals surface area contributed by atoms with Gasteiger partial charge < -0.3 is 24.4 Å². The molecule has 0 radical (unpaired) electrons. The number of esters is 1. The first kappa shape index (κ1) is 18.4. The van der Waals surface area contributed by atoms with Crippen LogP contribution in [0.5, 0.6) is 0 Å². The standard InChI is InChI=1S/C16H22O8/c1-2-3-22-14(19)10(4-11-8-23-11)5-16(15(20)21,7-13(17)18)6-12-9-24-12/h2,10-12H,1,3-9H2,(H,17,18)(H,20,21). The second kappa shape index (κ2) is 7.76. The molecule has 0 aliphatic carbocycles. The molecule has 2 fully saturated rings. The number of aliphatic carboxylic acids is 2. The number of carbonyl (C=O) groups is 3. The summed E-state index contributed by atoms with van der Waals surface area (Å²) in [7, 11) is 0. The third kappa shape index (κ3) is 5.31. The molecule has 2 aliphatic rings. The Morgan fingerprint density at radius 3 is 2.33 bits per heavy atom. The van der Waals surface area contributed by atoms with Gasteiger partial charge in [-0.25, -0.2) is 0 Å². The minimum absolute atomic E-state index is 0.0194.